The maximum absolute atomic E-state index is 14.7. The zero-order valence-corrected chi connectivity index (χ0v) is 16.6. The highest BCUT2D eigenvalue weighted by atomic mass is 19.4. The molecule has 0 spiro atoms. The Kier molecular flexibility index (Phi) is 5.68. The van der Waals surface area contributed by atoms with E-state index < -0.39 is 29.5 Å². The number of hydrogen-bond donors (Lipinski definition) is 2. The fourth-order valence-corrected chi connectivity index (χ4v) is 3.56. The minimum atomic E-state index is -4.50. The summed E-state index contributed by atoms with van der Waals surface area (Å²) in [4.78, 5) is 24.0. The van der Waals surface area contributed by atoms with Crippen LogP contribution in [-0.2, 0) is 22.2 Å². The number of halogens is 4. The summed E-state index contributed by atoms with van der Waals surface area (Å²) in [6.07, 6.45) is -1.15. The molecule has 2 amide bonds. The van der Waals surface area contributed by atoms with Crippen molar-refractivity contribution in [2.75, 3.05) is 11.9 Å². The normalized spacial score (nSPS) is 16.1. The average molecular weight is 446 g/mol. The summed E-state index contributed by atoms with van der Waals surface area (Å²) in [5, 5.41) is 9.35. The first-order chi connectivity index (χ1) is 15.2. The van der Waals surface area contributed by atoms with Crippen molar-refractivity contribution in [3.63, 3.8) is 0 Å². The number of nitrogens with zero attached hydrogens (tertiary/aromatic N) is 2. The molecule has 0 bridgehead atoms. The highest BCUT2D eigenvalue weighted by Gasteiger charge is 2.30. The molecule has 1 aromatic heterocycles. The molecule has 0 saturated carbocycles. The van der Waals surface area contributed by atoms with E-state index in [0.29, 0.717) is 18.5 Å². The first kappa shape index (κ1) is 21.5. The topological polar surface area (TPSA) is 76.0 Å². The molecule has 2 aromatic carbocycles. The van der Waals surface area contributed by atoms with Gasteiger partial charge in [-0.1, -0.05) is 18.2 Å². The lowest BCUT2D eigenvalue weighted by molar-refractivity contribution is -0.137. The Balaban J connectivity index is 1.44. The molecule has 1 fully saturated rings. The van der Waals surface area contributed by atoms with Gasteiger partial charge in [-0.15, -0.1) is 0 Å². The second kappa shape index (κ2) is 8.45. The van der Waals surface area contributed by atoms with Crippen LogP contribution in [0.2, 0.25) is 0 Å². The van der Waals surface area contributed by atoms with Gasteiger partial charge in [0.15, 0.2) is 0 Å². The van der Waals surface area contributed by atoms with E-state index in [-0.39, 0.29) is 29.1 Å². The molecule has 166 valence electrons. The van der Waals surface area contributed by atoms with Crippen LogP contribution < -0.4 is 10.6 Å². The van der Waals surface area contributed by atoms with Crippen molar-refractivity contribution < 1.29 is 27.2 Å². The Morgan fingerprint density at radius 1 is 1.22 bits per heavy atom. The minimum Gasteiger partial charge on any atom is -0.354 e. The SMILES string of the molecule is O=C(Cc1cccc(C(F)(F)F)c1)Nc1ccc(-c2cnn(C3CCNC3=O)c2)c(F)c1. The number of benzene rings is 2. The van der Waals surface area contributed by atoms with Crippen molar-refractivity contribution in [3.8, 4) is 11.1 Å². The first-order valence-corrected chi connectivity index (χ1v) is 9.78. The fraction of sp³-hybridized carbons (Fsp3) is 0.227. The maximum atomic E-state index is 14.7. The highest BCUT2D eigenvalue weighted by Crippen LogP contribution is 2.30. The summed E-state index contributed by atoms with van der Waals surface area (Å²) in [6.45, 7) is 0.557. The summed E-state index contributed by atoms with van der Waals surface area (Å²) >= 11 is 0. The molecular weight excluding hydrogens is 428 g/mol. The molecule has 10 heteroatoms. The van der Waals surface area contributed by atoms with Crippen molar-refractivity contribution in [3.05, 3.63) is 71.8 Å². The standard InChI is InChI=1S/C22H18F4N4O2/c23-18-10-16(29-20(31)9-13-2-1-3-15(8-13)22(24,25)26)4-5-17(18)14-11-28-30(12-14)19-6-7-27-21(19)32/h1-5,8,10-12,19H,6-7,9H2,(H,27,32)(H,29,31). The Hall–Kier alpha value is -3.69. The van der Waals surface area contributed by atoms with Gasteiger partial charge >= 0.3 is 6.18 Å². The van der Waals surface area contributed by atoms with Crippen LogP contribution in [0.25, 0.3) is 11.1 Å². The number of carbonyl (C=O) groups is 2. The molecule has 2 heterocycles. The largest absolute Gasteiger partial charge is 0.416 e. The van der Waals surface area contributed by atoms with Gasteiger partial charge in [-0.2, -0.15) is 18.3 Å². The molecule has 1 saturated heterocycles. The average Bonchev–Trinajstić information content (AvgIpc) is 3.36. The quantitative estimate of drug-likeness (QED) is 0.583. The molecule has 3 aromatic rings. The molecule has 2 N–H and O–H groups in total. The molecule has 0 aliphatic carbocycles. The number of amides is 2. The molecular formula is C22H18F4N4O2. The summed E-state index contributed by atoms with van der Waals surface area (Å²) in [6, 6.07) is 8.13. The zero-order chi connectivity index (χ0) is 22.9. The van der Waals surface area contributed by atoms with E-state index in [1.165, 1.54) is 35.1 Å². The summed E-state index contributed by atoms with van der Waals surface area (Å²) in [5.41, 5.74) is 0.243. The van der Waals surface area contributed by atoms with Gasteiger partial charge in [0.1, 0.15) is 11.9 Å². The molecule has 32 heavy (non-hydrogen) atoms. The van der Waals surface area contributed by atoms with Crippen molar-refractivity contribution in [2.24, 2.45) is 0 Å². The maximum Gasteiger partial charge on any atom is 0.416 e. The highest BCUT2D eigenvalue weighted by molar-refractivity contribution is 5.92. The van der Waals surface area contributed by atoms with E-state index in [1.807, 2.05) is 0 Å². The lowest BCUT2D eigenvalue weighted by Gasteiger charge is -2.10. The summed E-state index contributed by atoms with van der Waals surface area (Å²) in [5.74, 6) is -1.33. The number of aromatic nitrogens is 2. The predicted octanol–water partition coefficient (Wildman–Crippen LogP) is 3.95. The number of alkyl halides is 3. The smallest absolute Gasteiger partial charge is 0.354 e. The molecule has 0 radical (unpaired) electrons. The molecule has 1 aliphatic rings. The Labute approximate surface area is 180 Å². The predicted molar refractivity (Wildman–Crippen MR) is 108 cm³/mol. The molecule has 1 unspecified atom stereocenters. The third kappa shape index (κ3) is 4.63. The van der Waals surface area contributed by atoms with Crippen LogP contribution in [0.15, 0.2) is 54.9 Å². The van der Waals surface area contributed by atoms with Crippen LogP contribution in [0.3, 0.4) is 0 Å². The van der Waals surface area contributed by atoms with Crippen LogP contribution in [0.4, 0.5) is 23.2 Å². The lowest BCUT2D eigenvalue weighted by atomic mass is 10.1. The van der Waals surface area contributed by atoms with Crippen molar-refractivity contribution in [2.45, 2.75) is 25.1 Å². The second-order valence-corrected chi connectivity index (χ2v) is 7.42. The number of nitrogens with one attached hydrogen (secondary N) is 2. The van der Waals surface area contributed by atoms with Gasteiger partial charge in [0.2, 0.25) is 11.8 Å². The fourth-order valence-electron chi connectivity index (χ4n) is 3.56. The van der Waals surface area contributed by atoms with E-state index in [0.717, 1.165) is 18.2 Å². The Morgan fingerprint density at radius 2 is 2.03 bits per heavy atom. The van der Waals surface area contributed by atoms with Crippen LogP contribution in [-0.4, -0.2) is 28.1 Å². The van der Waals surface area contributed by atoms with Crippen molar-refractivity contribution in [1.29, 1.82) is 0 Å². The Bertz CT molecular complexity index is 1170. The van der Waals surface area contributed by atoms with Gasteiger partial charge in [-0.3, -0.25) is 14.3 Å². The van der Waals surface area contributed by atoms with Gasteiger partial charge in [0.25, 0.3) is 0 Å². The van der Waals surface area contributed by atoms with Crippen LogP contribution in [0.5, 0.6) is 0 Å². The molecule has 1 aliphatic heterocycles. The van der Waals surface area contributed by atoms with E-state index in [4.69, 9.17) is 0 Å². The molecule has 6 nitrogen and oxygen atoms in total. The van der Waals surface area contributed by atoms with Gasteiger partial charge in [-0.05, 0) is 36.2 Å². The van der Waals surface area contributed by atoms with E-state index >= 15 is 0 Å². The third-order valence-corrected chi connectivity index (χ3v) is 5.12. The van der Waals surface area contributed by atoms with E-state index in [9.17, 15) is 27.2 Å². The monoisotopic (exact) mass is 446 g/mol. The number of rotatable bonds is 5. The van der Waals surface area contributed by atoms with Crippen molar-refractivity contribution in [1.82, 2.24) is 15.1 Å². The zero-order valence-electron chi connectivity index (χ0n) is 16.6. The van der Waals surface area contributed by atoms with E-state index in [1.54, 1.807) is 6.20 Å². The van der Waals surface area contributed by atoms with Crippen LogP contribution >= 0.6 is 0 Å². The number of anilines is 1. The first-order valence-electron chi connectivity index (χ1n) is 9.78. The minimum absolute atomic E-state index is 0.140. The second-order valence-electron chi connectivity index (χ2n) is 7.42. The molecule has 4 rings (SSSR count). The summed E-state index contributed by atoms with van der Waals surface area (Å²) < 4.78 is 54.6. The van der Waals surface area contributed by atoms with Gasteiger partial charge < -0.3 is 10.6 Å². The molecule has 1 atom stereocenters. The van der Waals surface area contributed by atoms with E-state index in [2.05, 4.69) is 15.7 Å². The van der Waals surface area contributed by atoms with Crippen LogP contribution in [0, 0.1) is 5.82 Å². The van der Waals surface area contributed by atoms with Crippen molar-refractivity contribution >= 4 is 17.5 Å². The number of hydrogen-bond acceptors (Lipinski definition) is 3. The summed E-state index contributed by atoms with van der Waals surface area (Å²) in [7, 11) is 0. The van der Waals surface area contributed by atoms with Crippen LogP contribution in [0.1, 0.15) is 23.6 Å². The number of carbonyl (C=O) groups excluding carboxylic acids is 2. The van der Waals surface area contributed by atoms with Gasteiger partial charge in [-0.25, -0.2) is 4.39 Å². The Morgan fingerprint density at radius 3 is 2.72 bits per heavy atom. The lowest BCUT2D eigenvalue weighted by Crippen LogP contribution is -2.22. The third-order valence-electron chi connectivity index (χ3n) is 5.12. The van der Waals surface area contributed by atoms with Gasteiger partial charge in [0.05, 0.1) is 18.2 Å². The van der Waals surface area contributed by atoms with Gasteiger partial charge in [0, 0.05) is 29.6 Å².